The maximum atomic E-state index is 12.6. The zero-order valence-electron chi connectivity index (χ0n) is 13.8. The second-order valence-electron chi connectivity index (χ2n) is 6.53. The summed E-state index contributed by atoms with van der Waals surface area (Å²) in [6.45, 7) is 9.10. The van der Waals surface area contributed by atoms with Gasteiger partial charge in [-0.15, -0.1) is 5.10 Å². The third-order valence-electron chi connectivity index (χ3n) is 4.55. The Morgan fingerprint density at radius 3 is 2.26 bits per heavy atom. The van der Waals surface area contributed by atoms with E-state index < -0.39 is 10.2 Å². The maximum absolute atomic E-state index is 12.6. The Balaban J connectivity index is 1.57. The van der Waals surface area contributed by atoms with E-state index >= 15 is 0 Å². The molecule has 1 aromatic heterocycles. The molecule has 0 bridgehead atoms. The van der Waals surface area contributed by atoms with E-state index in [4.69, 9.17) is 0 Å². The van der Waals surface area contributed by atoms with E-state index in [0.29, 0.717) is 32.1 Å². The van der Waals surface area contributed by atoms with Crippen molar-refractivity contribution < 1.29 is 8.42 Å². The van der Waals surface area contributed by atoms with Gasteiger partial charge in [0.15, 0.2) is 0 Å². The predicted octanol–water partition coefficient (Wildman–Crippen LogP) is 1.12. The predicted molar refractivity (Wildman–Crippen MR) is 90.6 cm³/mol. The van der Waals surface area contributed by atoms with Crippen LogP contribution in [-0.4, -0.2) is 70.8 Å². The van der Waals surface area contributed by atoms with Crippen molar-refractivity contribution in [2.24, 2.45) is 0 Å². The third-order valence-corrected chi connectivity index (χ3v) is 7.31. The van der Waals surface area contributed by atoms with Crippen molar-refractivity contribution in [2.75, 3.05) is 39.3 Å². The first-order chi connectivity index (χ1) is 11.0. The average molecular weight is 360 g/mol. The summed E-state index contributed by atoms with van der Waals surface area (Å²) < 4.78 is 32.5. The van der Waals surface area contributed by atoms with Gasteiger partial charge in [0.1, 0.15) is 0 Å². The minimum absolute atomic E-state index is 0.376. The zero-order chi connectivity index (χ0) is 16.4. The molecule has 3 rings (SSSR count). The molecule has 7 nitrogen and oxygen atoms in total. The van der Waals surface area contributed by atoms with Gasteiger partial charge in [-0.25, -0.2) is 0 Å². The fourth-order valence-electron chi connectivity index (χ4n) is 3.17. The standard InChI is InChI=1S/C14H25N5O2S2/c1-12(2)14-13(22-16-15-14)11-17-7-9-19(10-8-17)23(20,21)18-5-3-4-6-18/h12H,3-11H2,1-2H3. The highest BCUT2D eigenvalue weighted by Gasteiger charge is 2.33. The van der Waals surface area contributed by atoms with Gasteiger partial charge in [-0.3, -0.25) is 4.90 Å². The van der Waals surface area contributed by atoms with E-state index in [0.717, 1.165) is 38.2 Å². The molecule has 0 atom stereocenters. The summed E-state index contributed by atoms with van der Waals surface area (Å²) >= 11 is 1.46. The van der Waals surface area contributed by atoms with Gasteiger partial charge in [-0.05, 0) is 30.3 Å². The van der Waals surface area contributed by atoms with Gasteiger partial charge in [-0.1, -0.05) is 18.3 Å². The van der Waals surface area contributed by atoms with Crippen LogP contribution in [0.1, 0.15) is 43.2 Å². The van der Waals surface area contributed by atoms with Crippen molar-refractivity contribution in [3.63, 3.8) is 0 Å². The molecule has 0 N–H and O–H groups in total. The van der Waals surface area contributed by atoms with Crippen molar-refractivity contribution in [3.05, 3.63) is 10.6 Å². The molecule has 23 heavy (non-hydrogen) atoms. The topological polar surface area (TPSA) is 69.6 Å². The maximum Gasteiger partial charge on any atom is 0.282 e. The van der Waals surface area contributed by atoms with Crippen LogP contribution in [0.25, 0.3) is 0 Å². The van der Waals surface area contributed by atoms with Crippen LogP contribution in [-0.2, 0) is 16.8 Å². The van der Waals surface area contributed by atoms with Gasteiger partial charge in [0.2, 0.25) is 0 Å². The van der Waals surface area contributed by atoms with Crippen LogP contribution in [0, 0.1) is 0 Å². The molecule has 130 valence electrons. The molecule has 2 saturated heterocycles. The number of piperazine rings is 1. The number of hydrogen-bond donors (Lipinski definition) is 0. The van der Waals surface area contributed by atoms with Crippen molar-refractivity contribution >= 4 is 21.7 Å². The first-order valence-electron chi connectivity index (χ1n) is 8.27. The minimum Gasteiger partial charge on any atom is -0.296 e. The largest absolute Gasteiger partial charge is 0.296 e. The Kier molecular flexibility index (Phi) is 5.32. The van der Waals surface area contributed by atoms with Gasteiger partial charge >= 0.3 is 0 Å². The summed E-state index contributed by atoms with van der Waals surface area (Å²) in [7, 11) is -3.25. The Morgan fingerprint density at radius 2 is 1.65 bits per heavy atom. The monoisotopic (exact) mass is 359 g/mol. The Bertz CT molecular complexity index is 617. The fourth-order valence-corrected chi connectivity index (χ4v) is 5.68. The minimum atomic E-state index is -3.25. The summed E-state index contributed by atoms with van der Waals surface area (Å²) in [6.07, 6.45) is 1.96. The first-order valence-corrected chi connectivity index (χ1v) is 10.4. The van der Waals surface area contributed by atoms with Crippen LogP contribution in [0.15, 0.2) is 0 Å². The van der Waals surface area contributed by atoms with Crippen LogP contribution >= 0.6 is 11.5 Å². The van der Waals surface area contributed by atoms with E-state index in [2.05, 4.69) is 28.3 Å². The number of hydrogen-bond acceptors (Lipinski definition) is 6. The summed E-state index contributed by atoms with van der Waals surface area (Å²) in [4.78, 5) is 3.51. The molecular weight excluding hydrogens is 334 g/mol. The summed E-state index contributed by atoms with van der Waals surface area (Å²) in [5, 5.41) is 4.22. The molecule has 0 saturated carbocycles. The molecule has 0 aliphatic carbocycles. The molecule has 0 unspecified atom stereocenters. The fraction of sp³-hybridized carbons (Fsp3) is 0.857. The molecule has 0 spiro atoms. The molecule has 9 heteroatoms. The van der Waals surface area contributed by atoms with Crippen molar-refractivity contribution in [1.29, 1.82) is 0 Å². The molecule has 2 aliphatic heterocycles. The van der Waals surface area contributed by atoms with Crippen LogP contribution in [0.3, 0.4) is 0 Å². The first kappa shape index (κ1) is 17.2. The van der Waals surface area contributed by atoms with E-state index in [1.54, 1.807) is 8.61 Å². The van der Waals surface area contributed by atoms with E-state index in [-0.39, 0.29) is 0 Å². The van der Waals surface area contributed by atoms with Gasteiger partial charge in [0, 0.05) is 45.8 Å². The zero-order valence-corrected chi connectivity index (χ0v) is 15.4. The SMILES string of the molecule is CC(C)c1nnsc1CN1CCN(S(=O)(=O)N2CCCC2)CC1. The lowest BCUT2D eigenvalue weighted by Crippen LogP contribution is -2.52. The normalized spacial score (nSPS) is 22.2. The summed E-state index contributed by atoms with van der Waals surface area (Å²) in [5.74, 6) is 0.376. The Hall–Kier alpha value is -0.610. The van der Waals surface area contributed by atoms with E-state index in [9.17, 15) is 8.42 Å². The van der Waals surface area contributed by atoms with Crippen molar-refractivity contribution in [1.82, 2.24) is 23.1 Å². The number of rotatable bonds is 5. The molecule has 0 amide bonds. The molecule has 2 aliphatic rings. The highest BCUT2D eigenvalue weighted by molar-refractivity contribution is 7.86. The molecule has 0 aromatic carbocycles. The molecule has 3 heterocycles. The smallest absolute Gasteiger partial charge is 0.282 e. The van der Waals surface area contributed by atoms with Crippen molar-refractivity contribution in [2.45, 2.75) is 39.2 Å². The van der Waals surface area contributed by atoms with Crippen LogP contribution in [0.4, 0.5) is 0 Å². The lowest BCUT2D eigenvalue weighted by molar-refractivity contribution is 0.177. The van der Waals surface area contributed by atoms with E-state index in [1.807, 2.05) is 0 Å². The Morgan fingerprint density at radius 1 is 1.04 bits per heavy atom. The quantitative estimate of drug-likeness (QED) is 0.788. The Labute approximate surface area is 142 Å². The van der Waals surface area contributed by atoms with Gasteiger partial charge in [0.05, 0.1) is 10.6 Å². The van der Waals surface area contributed by atoms with Crippen molar-refractivity contribution in [3.8, 4) is 0 Å². The third kappa shape index (κ3) is 3.74. The lowest BCUT2D eigenvalue weighted by Gasteiger charge is -2.35. The van der Waals surface area contributed by atoms with Gasteiger partial charge in [0.25, 0.3) is 10.2 Å². The number of aromatic nitrogens is 2. The molecular formula is C14H25N5O2S2. The van der Waals surface area contributed by atoms with Crippen LogP contribution in [0.5, 0.6) is 0 Å². The number of nitrogens with zero attached hydrogens (tertiary/aromatic N) is 5. The highest BCUT2D eigenvalue weighted by Crippen LogP contribution is 2.23. The summed E-state index contributed by atoms with van der Waals surface area (Å²) in [6, 6.07) is 0. The van der Waals surface area contributed by atoms with Gasteiger partial charge in [-0.2, -0.15) is 17.0 Å². The van der Waals surface area contributed by atoms with E-state index in [1.165, 1.54) is 16.4 Å². The molecule has 2 fully saturated rings. The average Bonchev–Trinajstić information content (AvgIpc) is 3.19. The molecule has 1 aromatic rings. The second kappa shape index (κ2) is 7.10. The van der Waals surface area contributed by atoms with Gasteiger partial charge < -0.3 is 0 Å². The van der Waals surface area contributed by atoms with Crippen LogP contribution in [0.2, 0.25) is 0 Å². The highest BCUT2D eigenvalue weighted by atomic mass is 32.2. The lowest BCUT2D eigenvalue weighted by atomic mass is 10.1. The summed E-state index contributed by atoms with van der Waals surface area (Å²) in [5.41, 5.74) is 1.07. The molecule has 0 radical (unpaired) electrons. The second-order valence-corrected chi connectivity index (χ2v) is 9.29. The van der Waals surface area contributed by atoms with Crippen LogP contribution < -0.4 is 0 Å².